The maximum Gasteiger partial charge on any atom is 0.0248 e. The summed E-state index contributed by atoms with van der Waals surface area (Å²) in [5, 5.41) is 3.51. The lowest BCUT2D eigenvalue weighted by molar-refractivity contribution is 0.231. The lowest BCUT2D eigenvalue weighted by Gasteiger charge is -2.24. The molecule has 0 aliphatic carbocycles. The van der Waals surface area contributed by atoms with Crippen molar-refractivity contribution < 1.29 is 0 Å². The minimum atomic E-state index is 0.710. The van der Waals surface area contributed by atoms with Gasteiger partial charge in [-0.3, -0.25) is 4.90 Å². The van der Waals surface area contributed by atoms with Gasteiger partial charge in [-0.2, -0.15) is 0 Å². The Balaban J connectivity index is 1.73. The van der Waals surface area contributed by atoms with E-state index in [-0.39, 0.29) is 0 Å². The quantitative estimate of drug-likeness (QED) is 0.902. The molecule has 0 spiro atoms. The van der Waals surface area contributed by atoms with Crippen LogP contribution in [0.3, 0.4) is 0 Å². The highest BCUT2D eigenvalue weighted by Gasteiger charge is 2.41. The molecule has 0 saturated carbocycles. The molecular weight excluding hydrogens is 276 g/mol. The molecule has 0 bridgehead atoms. The fourth-order valence-electron chi connectivity index (χ4n) is 3.31. The minimum absolute atomic E-state index is 0.710. The first kappa shape index (κ1) is 11.7. The Morgan fingerprint density at radius 3 is 2.94 bits per heavy atom. The summed E-state index contributed by atoms with van der Waals surface area (Å²) in [7, 11) is 0. The number of nitrogens with one attached hydrogen (secondary N) is 1. The lowest BCUT2D eigenvalue weighted by atomic mass is 9.95. The molecule has 3 unspecified atom stereocenters. The van der Waals surface area contributed by atoms with E-state index in [4.69, 9.17) is 0 Å². The summed E-state index contributed by atoms with van der Waals surface area (Å²) in [6.45, 7) is 7.13. The molecule has 0 radical (unpaired) electrons. The summed E-state index contributed by atoms with van der Waals surface area (Å²) in [4.78, 5) is 2.64. The van der Waals surface area contributed by atoms with Crippen LogP contribution in [0, 0.1) is 11.8 Å². The van der Waals surface area contributed by atoms with Crippen LogP contribution in [-0.4, -0.2) is 30.6 Å². The molecule has 92 valence electrons. The van der Waals surface area contributed by atoms with Crippen molar-refractivity contribution in [2.24, 2.45) is 11.8 Å². The van der Waals surface area contributed by atoms with Crippen LogP contribution in [-0.2, 0) is 6.54 Å². The second-order valence-corrected chi connectivity index (χ2v) is 6.20. The largest absolute Gasteiger partial charge is 0.316 e. The zero-order valence-corrected chi connectivity index (χ0v) is 11.8. The van der Waals surface area contributed by atoms with Crippen LogP contribution in [0.25, 0.3) is 0 Å². The molecule has 2 heterocycles. The summed E-state index contributed by atoms with van der Waals surface area (Å²) < 4.78 is 1.24. The minimum Gasteiger partial charge on any atom is -0.316 e. The van der Waals surface area contributed by atoms with Crippen LogP contribution in [0.2, 0.25) is 0 Å². The molecule has 2 fully saturated rings. The normalized spacial score (nSPS) is 32.9. The van der Waals surface area contributed by atoms with Crippen LogP contribution in [0.1, 0.15) is 12.5 Å². The summed E-state index contributed by atoms with van der Waals surface area (Å²) >= 11 is 3.65. The number of nitrogens with zero attached hydrogens (tertiary/aromatic N) is 1. The van der Waals surface area contributed by atoms with Gasteiger partial charge >= 0.3 is 0 Å². The van der Waals surface area contributed by atoms with Crippen LogP contribution < -0.4 is 5.32 Å². The molecule has 1 aromatic carbocycles. The van der Waals surface area contributed by atoms with Gasteiger partial charge in [-0.1, -0.05) is 34.1 Å². The highest BCUT2D eigenvalue weighted by Crippen LogP contribution is 2.33. The average Bonchev–Trinajstić information content (AvgIpc) is 2.87. The van der Waals surface area contributed by atoms with E-state index >= 15 is 0 Å². The number of likely N-dealkylation sites (tertiary alicyclic amines) is 1. The van der Waals surface area contributed by atoms with Crippen molar-refractivity contribution in [1.82, 2.24) is 10.2 Å². The van der Waals surface area contributed by atoms with Crippen molar-refractivity contribution in [2.75, 3.05) is 19.6 Å². The van der Waals surface area contributed by atoms with E-state index in [0.717, 1.165) is 18.4 Å². The molecule has 3 heteroatoms. The zero-order valence-electron chi connectivity index (χ0n) is 10.2. The Morgan fingerprint density at radius 2 is 2.18 bits per heavy atom. The van der Waals surface area contributed by atoms with E-state index in [0.29, 0.717) is 6.04 Å². The Labute approximate surface area is 112 Å². The Morgan fingerprint density at radius 1 is 1.35 bits per heavy atom. The van der Waals surface area contributed by atoms with Crippen LogP contribution in [0.4, 0.5) is 0 Å². The standard InChI is InChI=1S/C14H19BrN2/c1-10-13-7-16-6-12(13)9-17(10)8-11-4-2-3-5-14(11)15/h2-5,10,12-13,16H,6-9H2,1H3. The molecule has 2 aliphatic heterocycles. The first-order valence-corrected chi connectivity index (χ1v) is 7.23. The number of benzene rings is 1. The van der Waals surface area contributed by atoms with Crippen molar-refractivity contribution >= 4 is 15.9 Å². The van der Waals surface area contributed by atoms with Gasteiger partial charge < -0.3 is 5.32 Å². The van der Waals surface area contributed by atoms with E-state index in [2.05, 4.69) is 57.3 Å². The maximum absolute atomic E-state index is 3.65. The van der Waals surface area contributed by atoms with E-state index < -0.39 is 0 Å². The van der Waals surface area contributed by atoms with E-state index in [1.165, 1.54) is 29.7 Å². The highest BCUT2D eigenvalue weighted by molar-refractivity contribution is 9.10. The maximum atomic E-state index is 3.65. The second kappa shape index (κ2) is 4.71. The number of fused-ring (bicyclic) bond motifs is 1. The predicted molar refractivity (Wildman–Crippen MR) is 73.9 cm³/mol. The Hall–Kier alpha value is -0.380. The monoisotopic (exact) mass is 294 g/mol. The summed E-state index contributed by atoms with van der Waals surface area (Å²) in [6, 6.07) is 9.28. The molecule has 2 saturated heterocycles. The van der Waals surface area contributed by atoms with Crippen molar-refractivity contribution in [1.29, 1.82) is 0 Å². The van der Waals surface area contributed by atoms with Gasteiger partial charge in [0.15, 0.2) is 0 Å². The lowest BCUT2D eigenvalue weighted by Crippen LogP contribution is -2.32. The third-order valence-corrected chi connectivity index (χ3v) is 5.16. The first-order chi connectivity index (χ1) is 8.25. The number of rotatable bonds is 2. The first-order valence-electron chi connectivity index (χ1n) is 6.44. The SMILES string of the molecule is CC1C2CNCC2CN1Cc1ccccc1Br. The molecular formula is C14H19BrN2. The zero-order chi connectivity index (χ0) is 11.8. The van der Waals surface area contributed by atoms with Crippen molar-refractivity contribution in [3.05, 3.63) is 34.3 Å². The van der Waals surface area contributed by atoms with Crippen molar-refractivity contribution in [2.45, 2.75) is 19.5 Å². The molecule has 0 aromatic heterocycles. The van der Waals surface area contributed by atoms with E-state index in [1.807, 2.05) is 0 Å². The number of hydrogen-bond acceptors (Lipinski definition) is 2. The Bertz CT molecular complexity index is 407. The van der Waals surface area contributed by atoms with Gasteiger partial charge in [0, 0.05) is 23.6 Å². The molecule has 1 N–H and O–H groups in total. The van der Waals surface area contributed by atoms with Gasteiger partial charge in [-0.15, -0.1) is 0 Å². The summed E-state index contributed by atoms with van der Waals surface area (Å²) in [5.41, 5.74) is 1.41. The van der Waals surface area contributed by atoms with Crippen molar-refractivity contribution in [3.8, 4) is 0 Å². The third-order valence-electron chi connectivity index (χ3n) is 4.39. The fourth-order valence-corrected chi connectivity index (χ4v) is 3.72. The van der Waals surface area contributed by atoms with Crippen LogP contribution in [0.15, 0.2) is 28.7 Å². The number of halogens is 1. The molecule has 0 amide bonds. The second-order valence-electron chi connectivity index (χ2n) is 5.34. The van der Waals surface area contributed by atoms with Crippen LogP contribution >= 0.6 is 15.9 Å². The van der Waals surface area contributed by atoms with Gasteiger partial charge in [0.1, 0.15) is 0 Å². The predicted octanol–water partition coefficient (Wildman–Crippen LogP) is 2.49. The average molecular weight is 295 g/mol. The smallest absolute Gasteiger partial charge is 0.0248 e. The molecule has 17 heavy (non-hydrogen) atoms. The highest BCUT2D eigenvalue weighted by atomic mass is 79.9. The third kappa shape index (κ3) is 2.16. The van der Waals surface area contributed by atoms with Gasteiger partial charge in [0.25, 0.3) is 0 Å². The molecule has 1 aromatic rings. The van der Waals surface area contributed by atoms with E-state index in [9.17, 15) is 0 Å². The fraction of sp³-hybridized carbons (Fsp3) is 0.571. The summed E-state index contributed by atoms with van der Waals surface area (Å²) in [6.07, 6.45) is 0. The number of hydrogen-bond donors (Lipinski definition) is 1. The molecule has 3 atom stereocenters. The van der Waals surface area contributed by atoms with Crippen molar-refractivity contribution in [3.63, 3.8) is 0 Å². The van der Waals surface area contributed by atoms with Gasteiger partial charge in [0.05, 0.1) is 0 Å². The van der Waals surface area contributed by atoms with Gasteiger partial charge in [0.2, 0.25) is 0 Å². The summed E-state index contributed by atoms with van der Waals surface area (Å²) in [5.74, 6) is 1.73. The molecule has 2 aliphatic rings. The van der Waals surface area contributed by atoms with E-state index in [1.54, 1.807) is 0 Å². The van der Waals surface area contributed by atoms with Crippen LogP contribution in [0.5, 0.6) is 0 Å². The Kier molecular flexibility index (Phi) is 3.24. The molecule has 3 rings (SSSR count). The molecule has 2 nitrogen and oxygen atoms in total. The topological polar surface area (TPSA) is 15.3 Å². The van der Waals surface area contributed by atoms with Gasteiger partial charge in [-0.25, -0.2) is 0 Å². The van der Waals surface area contributed by atoms with Gasteiger partial charge in [-0.05, 0) is 43.5 Å².